The molecule has 1 saturated heterocycles. The van der Waals surface area contributed by atoms with Gasteiger partial charge in [0.05, 0.1) is 5.69 Å². The normalized spacial score (nSPS) is 14.0. The minimum atomic E-state index is 0. The Bertz CT molecular complexity index is 819. The number of carbonyl (C=O) groups excluding carboxylic acids is 1. The summed E-state index contributed by atoms with van der Waals surface area (Å²) in [6.07, 6.45) is 5.03. The van der Waals surface area contributed by atoms with Crippen LogP contribution in [0.5, 0.6) is 0 Å². The molecule has 30 heavy (non-hydrogen) atoms. The van der Waals surface area contributed by atoms with Crippen LogP contribution in [0.1, 0.15) is 37.4 Å². The first-order valence-electron chi connectivity index (χ1n) is 10.5. The molecule has 1 fully saturated rings. The molecule has 7 nitrogen and oxygen atoms in total. The Kier molecular flexibility index (Phi) is 10.1. The molecule has 0 saturated carbocycles. The molecule has 0 unspecified atom stereocenters. The van der Waals surface area contributed by atoms with Crippen LogP contribution in [0.2, 0.25) is 0 Å². The summed E-state index contributed by atoms with van der Waals surface area (Å²) >= 11 is 0. The van der Waals surface area contributed by atoms with Crippen molar-refractivity contribution in [2.24, 2.45) is 4.99 Å². The fourth-order valence-electron chi connectivity index (χ4n) is 3.29. The Morgan fingerprint density at radius 3 is 2.77 bits per heavy atom. The number of nitrogens with one attached hydrogen (secondary N) is 2. The summed E-state index contributed by atoms with van der Waals surface area (Å²) in [7, 11) is 0. The van der Waals surface area contributed by atoms with Crippen LogP contribution in [0.15, 0.2) is 39.9 Å². The molecule has 0 aliphatic carbocycles. The van der Waals surface area contributed by atoms with E-state index in [1.54, 1.807) is 6.26 Å². The number of hydrogen-bond donors (Lipinski definition) is 2. The number of oxazole rings is 1. The van der Waals surface area contributed by atoms with Gasteiger partial charge in [0.2, 0.25) is 11.8 Å². The van der Waals surface area contributed by atoms with Crippen molar-refractivity contribution in [2.75, 3.05) is 32.7 Å². The Hall–Kier alpha value is -2.10. The number of amides is 1. The van der Waals surface area contributed by atoms with Gasteiger partial charge in [-0.25, -0.2) is 4.98 Å². The van der Waals surface area contributed by atoms with E-state index in [2.05, 4.69) is 39.7 Å². The lowest BCUT2D eigenvalue weighted by molar-refractivity contribution is -0.127. The van der Waals surface area contributed by atoms with E-state index < -0.39 is 0 Å². The topological polar surface area (TPSA) is 82.8 Å². The lowest BCUT2D eigenvalue weighted by Crippen LogP contribution is -2.38. The summed E-state index contributed by atoms with van der Waals surface area (Å²) < 4.78 is 5.62. The van der Waals surface area contributed by atoms with E-state index in [1.165, 1.54) is 5.56 Å². The third-order valence-electron chi connectivity index (χ3n) is 4.90. The number of rotatable bonds is 9. The lowest BCUT2D eigenvalue weighted by atomic mass is 10.1. The number of carbonyl (C=O) groups is 1. The van der Waals surface area contributed by atoms with Gasteiger partial charge in [0.15, 0.2) is 5.96 Å². The molecule has 0 atom stereocenters. The van der Waals surface area contributed by atoms with Gasteiger partial charge < -0.3 is 20.0 Å². The largest absolute Gasteiger partial charge is 0.444 e. The molecular formula is C22H32IN5O2. The summed E-state index contributed by atoms with van der Waals surface area (Å²) in [6.45, 7) is 8.01. The van der Waals surface area contributed by atoms with Gasteiger partial charge in [0.1, 0.15) is 6.26 Å². The number of aliphatic imine (C=N–C) groups is 1. The van der Waals surface area contributed by atoms with Crippen LogP contribution >= 0.6 is 24.0 Å². The third kappa shape index (κ3) is 7.30. The van der Waals surface area contributed by atoms with Crippen molar-refractivity contribution >= 4 is 35.8 Å². The number of hydrogen-bond acceptors (Lipinski definition) is 4. The van der Waals surface area contributed by atoms with Gasteiger partial charge in [-0.3, -0.25) is 9.79 Å². The van der Waals surface area contributed by atoms with Gasteiger partial charge in [-0.1, -0.05) is 17.7 Å². The van der Waals surface area contributed by atoms with Crippen LogP contribution in [0, 0.1) is 6.92 Å². The van der Waals surface area contributed by atoms with Crippen LogP contribution in [0.4, 0.5) is 0 Å². The first kappa shape index (κ1) is 24.2. The van der Waals surface area contributed by atoms with E-state index in [-0.39, 0.29) is 29.9 Å². The highest BCUT2D eigenvalue weighted by atomic mass is 127. The van der Waals surface area contributed by atoms with E-state index in [0.717, 1.165) is 62.7 Å². The minimum absolute atomic E-state index is 0. The highest BCUT2D eigenvalue weighted by Gasteiger charge is 2.18. The Labute approximate surface area is 195 Å². The molecule has 1 amide bonds. The van der Waals surface area contributed by atoms with Crippen LogP contribution < -0.4 is 10.6 Å². The number of nitrogens with zero attached hydrogens (tertiary/aromatic N) is 3. The number of benzene rings is 1. The average molecular weight is 525 g/mol. The van der Waals surface area contributed by atoms with Gasteiger partial charge >= 0.3 is 0 Å². The van der Waals surface area contributed by atoms with E-state index >= 15 is 0 Å². The molecule has 1 aromatic heterocycles. The van der Waals surface area contributed by atoms with Gasteiger partial charge in [-0.05, 0) is 38.8 Å². The SMILES string of the molecule is CCNC(=NCCCN1CCCC1=O)NCCc1coc(-c2ccc(C)cc2)n1.I. The number of aromatic nitrogens is 1. The Balaban J connectivity index is 0.00000320. The van der Waals surface area contributed by atoms with Crippen molar-refractivity contribution in [1.29, 1.82) is 0 Å². The molecule has 1 aliphatic heterocycles. The highest BCUT2D eigenvalue weighted by Crippen LogP contribution is 2.19. The zero-order valence-electron chi connectivity index (χ0n) is 17.8. The molecule has 1 aliphatic rings. The summed E-state index contributed by atoms with van der Waals surface area (Å²) in [5, 5.41) is 6.60. The molecule has 0 radical (unpaired) electrons. The second kappa shape index (κ2) is 12.6. The quantitative estimate of drug-likeness (QED) is 0.227. The van der Waals surface area contributed by atoms with E-state index in [4.69, 9.17) is 4.42 Å². The first-order valence-corrected chi connectivity index (χ1v) is 10.5. The average Bonchev–Trinajstić information content (AvgIpc) is 3.35. The van der Waals surface area contributed by atoms with Gasteiger partial charge in [-0.2, -0.15) is 0 Å². The number of likely N-dealkylation sites (tertiary alicyclic amines) is 1. The maximum absolute atomic E-state index is 11.6. The number of guanidine groups is 1. The number of aryl methyl sites for hydroxylation is 1. The van der Waals surface area contributed by atoms with Crippen molar-refractivity contribution < 1.29 is 9.21 Å². The molecule has 8 heteroatoms. The number of halogens is 1. The third-order valence-corrected chi connectivity index (χ3v) is 4.90. The Morgan fingerprint density at radius 1 is 1.27 bits per heavy atom. The van der Waals surface area contributed by atoms with E-state index in [0.29, 0.717) is 18.9 Å². The molecule has 0 bridgehead atoms. The highest BCUT2D eigenvalue weighted by molar-refractivity contribution is 14.0. The van der Waals surface area contributed by atoms with Crippen molar-refractivity contribution in [3.63, 3.8) is 0 Å². The Morgan fingerprint density at radius 2 is 2.07 bits per heavy atom. The smallest absolute Gasteiger partial charge is 0.226 e. The summed E-state index contributed by atoms with van der Waals surface area (Å²) in [5.74, 6) is 1.72. The maximum atomic E-state index is 11.6. The second-order valence-electron chi connectivity index (χ2n) is 7.29. The monoisotopic (exact) mass is 525 g/mol. The zero-order chi connectivity index (χ0) is 20.5. The predicted octanol–water partition coefficient (Wildman–Crippen LogP) is 3.38. The fraction of sp³-hybridized carbons (Fsp3) is 0.500. The summed E-state index contributed by atoms with van der Waals surface area (Å²) in [5.41, 5.74) is 3.12. The molecule has 2 aromatic rings. The molecule has 3 rings (SSSR count). The summed E-state index contributed by atoms with van der Waals surface area (Å²) in [4.78, 5) is 22.8. The van der Waals surface area contributed by atoms with E-state index in [1.807, 2.05) is 24.0 Å². The first-order chi connectivity index (χ1) is 14.2. The van der Waals surface area contributed by atoms with Crippen LogP contribution in [0.25, 0.3) is 11.5 Å². The zero-order valence-corrected chi connectivity index (χ0v) is 20.1. The van der Waals surface area contributed by atoms with Crippen LogP contribution in [-0.2, 0) is 11.2 Å². The maximum Gasteiger partial charge on any atom is 0.226 e. The summed E-state index contributed by atoms with van der Waals surface area (Å²) in [6, 6.07) is 8.16. The molecule has 0 spiro atoms. The van der Waals surface area contributed by atoms with Gasteiger partial charge in [-0.15, -0.1) is 24.0 Å². The molecule has 164 valence electrons. The van der Waals surface area contributed by atoms with Crippen molar-refractivity contribution in [1.82, 2.24) is 20.5 Å². The molecular weight excluding hydrogens is 493 g/mol. The minimum Gasteiger partial charge on any atom is -0.444 e. The molecule has 2 heterocycles. The van der Waals surface area contributed by atoms with Crippen LogP contribution in [0.3, 0.4) is 0 Å². The lowest BCUT2D eigenvalue weighted by Gasteiger charge is -2.15. The predicted molar refractivity (Wildman–Crippen MR) is 130 cm³/mol. The van der Waals surface area contributed by atoms with Crippen molar-refractivity contribution in [3.05, 3.63) is 41.8 Å². The standard InChI is InChI=1S/C22H31N5O2.HI/c1-3-23-22(24-12-5-15-27-14-4-6-20(27)28)25-13-11-19-16-29-21(26-19)18-9-7-17(2)8-10-18;/h7-10,16H,3-6,11-15H2,1-2H3,(H2,23,24,25);1H. The molecule has 1 aromatic carbocycles. The van der Waals surface area contributed by atoms with E-state index in [9.17, 15) is 4.79 Å². The van der Waals surface area contributed by atoms with Gasteiger partial charge in [0, 0.05) is 51.1 Å². The van der Waals surface area contributed by atoms with Crippen molar-refractivity contribution in [3.8, 4) is 11.5 Å². The van der Waals surface area contributed by atoms with Gasteiger partial charge in [0.25, 0.3) is 0 Å². The fourth-order valence-corrected chi connectivity index (χ4v) is 3.29. The van der Waals surface area contributed by atoms with Crippen molar-refractivity contribution in [2.45, 2.75) is 39.5 Å². The van der Waals surface area contributed by atoms with Crippen LogP contribution in [-0.4, -0.2) is 54.5 Å². The second-order valence-corrected chi connectivity index (χ2v) is 7.29. The molecule has 2 N–H and O–H groups in total.